The zero-order valence-corrected chi connectivity index (χ0v) is 14.5. The molecule has 2 aromatic carbocycles. The van der Waals surface area contributed by atoms with Gasteiger partial charge in [-0.1, -0.05) is 28.1 Å². The Hall–Kier alpha value is -1.53. The van der Waals surface area contributed by atoms with E-state index in [4.69, 9.17) is 5.73 Å². The zero-order valence-electron chi connectivity index (χ0n) is 12.1. The van der Waals surface area contributed by atoms with Crippen molar-refractivity contribution >= 4 is 37.3 Å². The Balaban J connectivity index is 2.51. The van der Waals surface area contributed by atoms with Crippen molar-refractivity contribution in [1.29, 1.82) is 0 Å². The number of nitrogen functional groups attached to an aromatic ring is 1. The summed E-state index contributed by atoms with van der Waals surface area (Å²) in [7, 11) is -3.69. The molecule has 6 heteroatoms. The first kappa shape index (κ1) is 15.9. The summed E-state index contributed by atoms with van der Waals surface area (Å²) < 4.78 is 28.5. The van der Waals surface area contributed by atoms with E-state index in [2.05, 4.69) is 20.7 Å². The van der Waals surface area contributed by atoms with E-state index in [1.807, 2.05) is 32.0 Å². The Kier molecular flexibility index (Phi) is 4.30. The predicted molar refractivity (Wildman–Crippen MR) is 90.0 cm³/mol. The van der Waals surface area contributed by atoms with Gasteiger partial charge in [0.25, 0.3) is 10.0 Å². The lowest BCUT2D eigenvalue weighted by atomic mass is 10.1. The van der Waals surface area contributed by atoms with E-state index in [1.54, 1.807) is 19.1 Å². The number of sulfonamides is 1. The summed E-state index contributed by atoms with van der Waals surface area (Å²) >= 11 is 3.28. The van der Waals surface area contributed by atoms with Crippen LogP contribution >= 0.6 is 15.9 Å². The minimum Gasteiger partial charge on any atom is -0.398 e. The highest BCUT2D eigenvalue weighted by Crippen LogP contribution is 2.28. The topological polar surface area (TPSA) is 72.2 Å². The zero-order chi connectivity index (χ0) is 15.8. The third kappa shape index (κ3) is 3.39. The standard InChI is InChI=1S/C15H17BrN2O2S/c1-9-4-5-10(2)14(6-9)18-21(19,20)15-8-12(16)7-13(17)11(15)3/h4-8,18H,17H2,1-3H3. The van der Waals surface area contributed by atoms with E-state index < -0.39 is 10.0 Å². The summed E-state index contributed by atoms with van der Waals surface area (Å²) in [6, 6.07) is 8.87. The highest BCUT2D eigenvalue weighted by atomic mass is 79.9. The minimum atomic E-state index is -3.69. The maximum absolute atomic E-state index is 12.6. The third-order valence-electron chi connectivity index (χ3n) is 3.29. The van der Waals surface area contributed by atoms with Crippen LogP contribution in [0.2, 0.25) is 0 Å². The molecule has 0 radical (unpaired) electrons. The van der Waals surface area contributed by atoms with Crippen molar-refractivity contribution in [1.82, 2.24) is 0 Å². The Bertz CT molecular complexity index is 802. The lowest BCUT2D eigenvalue weighted by Crippen LogP contribution is -2.16. The van der Waals surface area contributed by atoms with Gasteiger partial charge in [-0.3, -0.25) is 4.72 Å². The highest BCUT2D eigenvalue weighted by Gasteiger charge is 2.20. The number of halogens is 1. The summed E-state index contributed by atoms with van der Waals surface area (Å²) in [4.78, 5) is 0.176. The lowest BCUT2D eigenvalue weighted by molar-refractivity contribution is 0.600. The van der Waals surface area contributed by atoms with Crippen molar-refractivity contribution in [3.8, 4) is 0 Å². The van der Waals surface area contributed by atoms with Gasteiger partial charge in [-0.2, -0.15) is 0 Å². The maximum Gasteiger partial charge on any atom is 0.262 e. The molecule has 0 unspecified atom stereocenters. The number of rotatable bonds is 3. The van der Waals surface area contributed by atoms with Gasteiger partial charge in [0.05, 0.1) is 10.6 Å². The molecule has 0 bridgehead atoms. The van der Waals surface area contributed by atoms with Gasteiger partial charge in [0.15, 0.2) is 0 Å². The van der Waals surface area contributed by atoms with Gasteiger partial charge in [-0.15, -0.1) is 0 Å². The van der Waals surface area contributed by atoms with Crippen LogP contribution in [0.3, 0.4) is 0 Å². The van der Waals surface area contributed by atoms with E-state index in [0.29, 0.717) is 21.4 Å². The summed E-state index contributed by atoms with van der Waals surface area (Å²) in [5.74, 6) is 0. The molecule has 0 fully saturated rings. The lowest BCUT2D eigenvalue weighted by Gasteiger charge is -2.14. The third-order valence-corrected chi connectivity index (χ3v) is 5.24. The SMILES string of the molecule is Cc1ccc(C)c(NS(=O)(=O)c2cc(Br)cc(N)c2C)c1. The average Bonchev–Trinajstić information content (AvgIpc) is 2.37. The molecular weight excluding hydrogens is 352 g/mol. The predicted octanol–water partition coefficient (Wildman–Crippen LogP) is 3.76. The molecule has 0 atom stereocenters. The molecule has 0 heterocycles. The second-order valence-corrected chi connectivity index (χ2v) is 7.61. The van der Waals surface area contributed by atoms with E-state index >= 15 is 0 Å². The molecule has 0 saturated heterocycles. The smallest absolute Gasteiger partial charge is 0.262 e. The normalized spacial score (nSPS) is 11.4. The maximum atomic E-state index is 12.6. The van der Waals surface area contributed by atoms with Crippen LogP contribution in [0.4, 0.5) is 11.4 Å². The molecule has 0 spiro atoms. The van der Waals surface area contributed by atoms with Crippen molar-refractivity contribution in [2.45, 2.75) is 25.7 Å². The molecule has 112 valence electrons. The van der Waals surface area contributed by atoms with Gasteiger partial charge < -0.3 is 5.73 Å². The van der Waals surface area contributed by atoms with Crippen LogP contribution in [-0.4, -0.2) is 8.42 Å². The number of anilines is 2. The molecule has 0 aromatic heterocycles. The number of hydrogen-bond acceptors (Lipinski definition) is 3. The van der Waals surface area contributed by atoms with Crippen molar-refractivity contribution in [2.75, 3.05) is 10.5 Å². The van der Waals surface area contributed by atoms with Crippen LogP contribution in [0.25, 0.3) is 0 Å². The number of nitrogens with one attached hydrogen (secondary N) is 1. The molecule has 3 N–H and O–H groups in total. The first-order valence-electron chi connectivity index (χ1n) is 6.36. The molecule has 21 heavy (non-hydrogen) atoms. The highest BCUT2D eigenvalue weighted by molar-refractivity contribution is 9.10. The van der Waals surface area contributed by atoms with Crippen LogP contribution in [0.1, 0.15) is 16.7 Å². The van der Waals surface area contributed by atoms with E-state index in [9.17, 15) is 8.42 Å². The first-order valence-corrected chi connectivity index (χ1v) is 8.64. The van der Waals surface area contributed by atoms with E-state index in [0.717, 1.165) is 11.1 Å². The van der Waals surface area contributed by atoms with Crippen molar-refractivity contribution in [3.63, 3.8) is 0 Å². The van der Waals surface area contributed by atoms with Gasteiger partial charge >= 0.3 is 0 Å². The second-order valence-electron chi connectivity index (χ2n) is 5.04. The van der Waals surface area contributed by atoms with Gasteiger partial charge in [0.2, 0.25) is 0 Å². The molecule has 0 aliphatic carbocycles. The fraction of sp³-hybridized carbons (Fsp3) is 0.200. The Labute approximate surface area is 133 Å². The van der Waals surface area contributed by atoms with Gasteiger partial charge in [0, 0.05) is 10.2 Å². The molecular formula is C15H17BrN2O2S. The quantitative estimate of drug-likeness (QED) is 0.810. The average molecular weight is 369 g/mol. The van der Waals surface area contributed by atoms with Crippen molar-refractivity contribution in [2.24, 2.45) is 0 Å². The molecule has 0 aliphatic heterocycles. The second kappa shape index (κ2) is 5.69. The number of hydrogen-bond donors (Lipinski definition) is 2. The molecule has 4 nitrogen and oxygen atoms in total. The number of aryl methyl sites for hydroxylation is 2. The van der Waals surface area contributed by atoms with Crippen LogP contribution < -0.4 is 10.5 Å². The van der Waals surface area contributed by atoms with E-state index in [-0.39, 0.29) is 4.90 Å². The largest absolute Gasteiger partial charge is 0.398 e. The van der Waals surface area contributed by atoms with Crippen molar-refractivity contribution < 1.29 is 8.42 Å². The summed E-state index contributed by atoms with van der Waals surface area (Å²) in [5.41, 5.74) is 9.25. The fourth-order valence-corrected chi connectivity index (χ4v) is 4.05. The molecule has 0 aliphatic rings. The minimum absolute atomic E-state index is 0.176. The van der Waals surface area contributed by atoms with Crippen molar-refractivity contribution in [3.05, 3.63) is 51.5 Å². The van der Waals surface area contributed by atoms with Gasteiger partial charge in [0.1, 0.15) is 0 Å². The number of benzene rings is 2. The van der Waals surface area contributed by atoms with Crippen LogP contribution in [0, 0.1) is 20.8 Å². The molecule has 2 aromatic rings. The molecule has 2 rings (SSSR count). The summed E-state index contributed by atoms with van der Waals surface area (Å²) in [6.45, 7) is 5.47. The monoisotopic (exact) mass is 368 g/mol. The molecule has 0 amide bonds. The van der Waals surface area contributed by atoms with Gasteiger partial charge in [-0.05, 0) is 55.7 Å². The molecule has 0 saturated carbocycles. The fourth-order valence-electron chi connectivity index (χ4n) is 2.00. The van der Waals surface area contributed by atoms with Gasteiger partial charge in [-0.25, -0.2) is 8.42 Å². The Morgan fingerprint density at radius 2 is 1.76 bits per heavy atom. The Morgan fingerprint density at radius 1 is 1.10 bits per heavy atom. The van der Waals surface area contributed by atoms with Crippen LogP contribution in [0.5, 0.6) is 0 Å². The number of nitrogens with two attached hydrogens (primary N) is 1. The van der Waals surface area contributed by atoms with Crippen LogP contribution in [0.15, 0.2) is 39.7 Å². The summed E-state index contributed by atoms with van der Waals surface area (Å²) in [6.07, 6.45) is 0. The first-order chi connectivity index (χ1) is 9.70. The Morgan fingerprint density at radius 3 is 2.43 bits per heavy atom. The van der Waals surface area contributed by atoms with Crippen LogP contribution in [-0.2, 0) is 10.0 Å². The van der Waals surface area contributed by atoms with E-state index in [1.165, 1.54) is 0 Å². The summed E-state index contributed by atoms with van der Waals surface area (Å²) in [5, 5.41) is 0.